The number of ether oxygens (including phenoxy) is 1. The van der Waals surface area contributed by atoms with Crippen LogP contribution in [0.15, 0.2) is 36.4 Å². The molecule has 3 rings (SSSR count). The van der Waals surface area contributed by atoms with Gasteiger partial charge in [-0.05, 0) is 67.7 Å². The predicted molar refractivity (Wildman–Crippen MR) is 110 cm³/mol. The summed E-state index contributed by atoms with van der Waals surface area (Å²) in [6.45, 7) is 2.22. The molecule has 1 aliphatic rings. The molecule has 0 saturated heterocycles. The van der Waals surface area contributed by atoms with Crippen molar-refractivity contribution in [3.63, 3.8) is 0 Å². The second kappa shape index (κ2) is 9.73. The number of methoxy groups -OCH3 is 1. The van der Waals surface area contributed by atoms with Crippen LogP contribution in [0.4, 0.5) is 8.78 Å². The lowest BCUT2D eigenvalue weighted by Crippen LogP contribution is -2.12. The smallest absolute Gasteiger partial charge is 0.201 e. The highest BCUT2D eigenvalue weighted by Crippen LogP contribution is 2.35. The van der Waals surface area contributed by atoms with Gasteiger partial charge in [0.2, 0.25) is 5.82 Å². The Morgan fingerprint density at radius 3 is 2.32 bits per heavy atom. The fourth-order valence-electron chi connectivity index (χ4n) is 3.87. The minimum absolute atomic E-state index is 0.0933. The minimum atomic E-state index is -0.972. The lowest BCUT2D eigenvalue weighted by molar-refractivity contribution is 0.371. The van der Waals surface area contributed by atoms with Gasteiger partial charge in [0.15, 0.2) is 11.6 Å². The van der Waals surface area contributed by atoms with Gasteiger partial charge in [-0.25, -0.2) is 4.39 Å². The van der Waals surface area contributed by atoms with Crippen molar-refractivity contribution < 1.29 is 13.5 Å². The fourth-order valence-corrected chi connectivity index (χ4v) is 3.87. The van der Waals surface area contributed by atoms with Crippen LogP contribution in [0.3, 0.4) is 0 Å². The van der Waals surface area contributed by atoms with Crippen molar-refractivity contribution in [3.8, 4) is 17.6 Å². The van der Waals surface area contributed by atoms with E-state index >= 15 is 0 Å². The van der Waals surface area contributed by atoms with E-state index in [1.54, 1.807) is 0 Å². The van der Waals surface area contributed by atoms with Crippen LogP contribution < -0.4 is 4.74 Å². The maximum absolute atomic E-state index is 14.0. The Kier molecular flexibility index (Phi) is 7.09. The molecule has 0 heterocycles. The topological polar surface area (TPSA) is 9.23 Å². The lowest BCUT2D eigenvalue weighted by Gasteiger charge is -2.26. The summed E-state index contributed by atoms with van der Waals surface area (Å²) in [5.41, 5.74) is 2.93. The molecule has 0 aromatic heterocycles. The molecule has 2 aromatic rings. The number of hydrogen-bond acceptors (Lipinski definition) is 1. The Balaban J connectivity index is 1.58. The number of benzene rings is 2. The van der Waals surface area contributed by atoms with Crippen molar-refractivity contribution in [3.05, 3.63) is 64.7 Å². The average Bonchev–Trinajstić information content (AvgIpc) is 2.74. The molecule has 0 N–H and O–H groups in total. The van der Waals surface area contributed by atoms with E-state index in [4.69, 9.17) is 4.74 Å². The SMILES string of the molecule is CCCCc1ccc(C2CCC(C#Cc3ccc(OC)c(F)c3F)CC2)cc1. The molecule has 0 unspecified atom stereocenters. The fraction of sp³-hybridized carbons (Fsp3) is 0.440. The third kappa shape index (κ3) is 4.93. The predicted octanol–water partition coefficient (Wildman–Crippen LogP) is 6.64. The van der Waals surface area contributed by atoms with Crippen molar-refractivity contribution in [2.24, 2.45) is 5.92 Å². The van der Waals surface area contributed by atoms with E-state index in [1.165, 1.54) is 43.2 Å². The molecular formula is C25H28F2O. The number of aryl methyl sites for hydroxylation is 1. The van der Waals surface area contributed by atoms with E-state index in [0.29, 0.717) is 5.92 Å². The molecule has 0 atom stereocenters. The molecule has 0 aliphatic heterocycles. The van der Waals surface area contributed by atoms with E-state index in [0.717, 1.165) is 32.1 Å². The summed E-state index contributed by atoms with van der Waals surface area (Å²) in [5.74, 6) is 4.81. The Hall–Kier alpha value is -2.34. The third-order valence-corrected chi connectivity index (χ3v) is 5.68. The summed E-state index contributed by atoms with van der Waals surface area (Å²) in [6, 6.07) is 12.0. The van der Waals surface area contributed by atoms with Crippen LogP contribution in [0.25, 0.3) is 0 Å². The van der Waals surface area contributed by atoms with Gasteiger partial charge in [0, 0.05) is 5.92 Å². The molecule has 1 nitrogen and oxygen atoms in total. The second-order valence-corrected chi connectivity index (χ2v) is 7.61. The number of hydrogen-bond donors (Lipinski definition) is 0. The molecule has 1 fully saturated rings. The van der Waals surface area contributed by atoms with Crippen molar-refractivity contribution in [2.45, 2.75) is 57.8 Å². The summed E-state index contributed by atoms with van der Waals surface area (Å²) in [5, 5.41) is 0. The summed E-state index contributed by atoms with van der Waals surface area (Å²) >= 11 is 0. The first kappa shape index (κ1) is 20.4. The molecule has 3 heteroatoms. The summed E-state index contributed by atoms with van der Waals surface area (Å²) in [4.78, 5) is 0. The quantitative estimate of drug-likeness (QED) is 0.527. The van der Waals surface area contributed by atoms with Gasteiger partial charge in [0.1, 0.15) is 0 Å². The molecule has 0 bridgehead atoms. The van der Waals surface area contributed by atoms with Crippen LogP contribution in [0.5, 0.6) is 5.75 Å². The van der Waals surface area contributed by atoms with Crippen molar-refractivity contribution in [1.29, 1.82) is 0 Å². The van der Waals surface area contributed by atoms with Crippen molar-refractivity contribution in [2.75, 3.05) is 7.11 Å². The highest BCUT2D eigenvalue weighted by Gasteiger charge is 2.21. The highest BCUT2D eigenvalue weighted by atomic mass is 19.2. The molecule has 1 aliphatic carbocycles. The van der Waals surface area contributed by atoms with Crippen LogP contribution in [0.1, 0.15) is 68.1 Å². The van der Waals surface area contributed by atoms with E-state index in [9.17, 15) is 8.78 Å². The Labute approximate surface area is 167 Å². The van der Waals surface area contributed by atoms with Crippen LogP contribution in [0, 0.1) is 29.4 Å². The van der Waals surface area contributed by atoms with Gasteiger partial charge in [-0.2, -0.15) is 4.39 Å². The van der Waals surface area contributed by atoms with Crippen LogP contribution >= 0.6 is 0 Å². The van der Waals surface area contributed by atoms with E-state index in [-0.39, 0.29) is 17.2 Å². The largest absolute Gasteiger partial charge is 0.494 e. The van der Waals surface area contributed by atoms with Gasteiger partial charge in [-0.15, -0.1) is 0 Å². The van der Waals surface area contributed by atoms with Gasteiger partial charge in [0.25, 0.3) is 0 Å². The molecule has 0 amide bonds. The van der Waals surface area contributed by atoms with E-state index in [2.05, 4.69) is 43.0 Å². The Morgan fingerprint density at radius 1 is 0.964 bits per heavy atom. The van der Waals surface area contributed by atoms with Gasteiger partial charge in [-0.1, -0.05) is 49.5 Å². The van der Waals surface area contributed by atoms with Crippen LogP contribution in [-0.2, 0) is 6.42 Å². The maximum Gasteiger partial charge on any atom is 0.201 e. The normalized spacial score (nSPS) is 19.0. The zero-order valence-corrected chi connectivity index (χ0v) is 16.7. The molecule has 2 aromatic carbocycles. The first-order chi connectivity index (χ1) is 13.6. The van der Waals surface area contributed by atoms with Gasteiger partial charge in [-0.3, -0.25) is 0 Å². The number of halogens is 2. The third-order valence-electron chi connectivity index (χ3n) is 5.68. The zero-order chi connectivity index (χ0) is 19.9. The summed E-state index contributed by atoms with van der Waals surface area (Å²) in [7, 11) is 1.32. The summed E-state index contributed by atoms with van der Waals surface area (Å²) < 4.78 is 32.6. The molecule has 1 saturated carbocycles. The lowest BCUT2D eigenvalue weighted by atomic mass is 9.78. The number of unbranched alkanes of at least 4 members (excludes halogenated alkanes) is 1. The van der Waals surface area contributed by atoms with Gasteiger partial charge >= 0.3 is 0 Å². The first-order valence-electron chi connectivity index (χ1n) is 10.2. The monoisotopic (exact) mass is 382 g/mol. The van der Waals surface area contributed by atoms with E-state index < -0.39 is 11.6 Å². The first-order valence-corrected chi connectivity index (χ1v) is 10.2. The van der Waals surface area contributed by atoms with Crippen molar-refractivity contribution >= 4 is 0 Å². The van der Waals surface area contributed by atoms with Gasteiger partial charge in [0.05, 0.1) is 12.7 Å². The highest BCUT2D eigenvalue weighted by molar-refractivity contribution is 5.41. The second-order valence-electron chi connectivity index (χ2n) is 7.61. The van der Waals surface area contributed by atoms with Crippen molar-refractivity contribution in [1.82, 2.24) is 0 Å². The Bertz CT molecular complexity index is 837. The average molecular weight is 382 g/mol. The molecular weight excluding hydrogens is 354 g/mol. The molecule has 28 heavy (non-hydrogen) atoms. The molecule has 0 spiro atoms. The molecule has 0 radical (unpaired) electrons. The maximum atomic E-state index is 14.0. The van der Waals surface area contributed by atoms with Crippen LogP contribution in [0.2, 0.25) is 0 Å². The number of rotatable bonds is 5. The summed E-state index contributed by atoms with van der Waals surface area (Å²) in [6.07, 6.45) is 7.79. The zero-order valence-electron chi connectivity index (χ0n) is 16.7. The van der Waals surface area contributed by atoms with E-state index in [1.807, 2.05) is 0 Å². The minimum Gasteiger partial charge on any atom is -0.494 e. The standard InChI is InChI=1S/C25H28F2O/c1-3-4-5-18-6-11-20(12-7-18)21-13-8-19(9-14-21)10-15-22-16-17-23(28-2)25(27)24(22)26/h6-7,11-12,16-17,19,21H,3-5,8-9,13-14H2,1-2H3. The van der Waals surface area contributed by atoms with Gasteiger partial charge < -0.3 is 4.74 Å². The Morgan fingerprint density at radius 2 is 1.68 bits per heavy atom. The molecule has 148 valence electrons. The van der Waals surface area contributed by atoms with Crippen LogP contribution in [-0.4, -0.2) is 7.11 Å².